The van der Waals surface area contributed by atoms with E-state index >= 15 is 0 Å². The highest BCUT2D eigenvalue weighted by atomic mass is 16.5. The molecule has 0 heterocycles. The largest absolute Gasteiger partial charge is 0.389 e. The summed E-state index contributed by atoms with van der Waals surface area (Å²) in [4.78, 5) is 11.9. The maximum absolute atomic E-state index is 11.9. The second kappa shape index (κ2) is 8.32. The lowest BCUT2D eigenvalue weighted by Gasteiger charge is -2.13. The normalized spacial score (nSPS) is 11.9. The van der Waals surface area contributed by atoms with Gasteiger partial charge < -0.3 is 15.2 Å². The zero-order chi connectivity index (χ0) is 15.8. The number of aliphatic hydroxyl groups excluding tert-OH is 1. The summed E-state index contributed by atoms with van der Waals surface area (Å²) in [6, 6.07) is 17.2. The number of benzene rings is 2. The smallest absolute Gasteiger partial charge is 0.250 e. The van der Waals surface area contributed by atoms with Crippen LogP contribution in [0.2, 0.25) is 0 Å². The fourth-order valence-corrected chi connectivity index (χ4v) is 2.16. The molecule has 0 aliphatic carbocycles. The Morgan fingerprint density at radius 1 is 1.14 bits per heavy atom. The Hall–Kier alpha value is -2.17. The molecule has 0 fully saturated rings. The summed E-state index contributed by atoms with van der Waals surface area (Å²) in [5.74, 6) is -0.221. The molecule has 2 rings (SSSR count). The zero-order valence-electron chi connectivity index (χ0n) is 12.7. The molecule has 22 heavy (non-hydrogen) atoms. The van der Waals surface area contributed by atoms with E-state index in [0.29, 0.717) is 17.9 Å². The molecule has 1 atom stereocenters. The van der Waals surface area contributed by atoms with Gasteiger partial charge in [0.2, 0.25) is 5.91 Å². The van der Waals surface area contributed by atoms with Crippen LogP contribution in [-0.4, -0.2) is 24.2 Å². The summed E-state index contributed by atoms with van der Waals surface area (Å²) in [7, 11) is 0. The summed E-state index contributed by atoms with van der Waals surface area (Å²) >= 11 is 0. The standard InChI is InChI=1S/C18H21NO3/c1-14(20)16-9-5-6-10-17(16)19-18(21)13-22-12-11-15-7-3-2-4-8-15/h2-10,14,20H,11-13H2,1H3,(H,19,21). The number of hydrogen-bond acceptors (Lipinski definition) is 3. The highest BCUT2D eigenvalue weighted by molar-refractivity contribution is 5.92. The molecule has 0 aliphatic heterocycles. The molecular weight excluding hydrogens is 278 g/mol. The zero-order valence-corrected chi connectivity index (χ0v) is 12.7. The molecule has 116 valence electrons. The Bertz CT molecular complexity index is 596. The van der Waals surface area contributed by atoms with Crippen LogP contribution >= 0.6 is 0 Å². The summed E-state index contributed by atoms with van der Waals surface area (Å²) in [5, 5.41) is 12.4. The van der Waals surface area contributed by atoms with Gasteiger partial charge in [-0.25, -0.2) is 0 Å². The van der Waals surface area contributed by atoms with E-state index < -0.39 is 6.10 Å². The van der Waals surface area contributed by atoms with Crippen LogP contribution < -0.4 is 5.32 Å². The topological polar surface area (TPSA) is 58.6 Å². The summed E-state index contributed by atoms with van der Waals surface area (Å²) in [6.45, 7) is 2.16. The molecule has 1 amide bonds. The van der Waals surface area contributed by atoms with Crippen LogP contribution in [0, 0.1) is 0 Å². The van der Waals surface area contributed by atoms with Crippen molar-refractivity contribution in [1.29, 1.82) is 0 Å². The Kier molecular flexibility index (Phi) is 6.13. The summed E-state index contributed by atoms with van der Waals surface area (Å²) in [5.41, 5.74) is 2.50. The lowest BCUT2D eigenvalue weighted by atomic mass is 10.1. The Balaban J connectivity index is 1.77. The van der Waals surface area contributed by atoms with Crippen LogP contribution in [0.15, 0.2) is 54.6 Å². The highest BCUT2D eigenvalue weighted by Crippen LogP contribution is 2.21. The fraction of sp³-hybridized carbons (Fsp3) is 0.278. The summed E-state index contributed by atoms with van der Waals surface area (Å²) < 4.78 is 5.40. The van der Waals surface area contributed by atoms with Crippen molar-refractivity contribution in [3.63, 3.8) is 0 Å². The Labute approximate surface area is 130 Å². The predicted molar refractivity (Wildman–Crippen MR) is 86.7 cm³/mol. The second-order valence-electron chi connectivity index (χ2n) is 5.10. The SMILES string of the molecule is CC(O)c1ccccc1NC(=O)COCCc1ccccc1. The van der Waals surface area contributed by atoms with Gasteiger partial charge in [0.25, 0.3) is 0 Å². The maximum atomic E-state index is 11.9. The first-order chi connectivity index (χ1) is 10.7. The first-order valence-corrected chi connectivity index (χ1v) is 7.35. The van der Waals surface area contributed by atoms with Gasteiger partial charge >= 0.3 is 0 Å². The van der Waals surface area contributed by atoms with Gasteiger partial charge in [-0.05, 0) is 25.0 Å². The van der Waals surface area contributed by atoms with Gasteiger partial charge in [-0.15, -0.1) is 0 Å². The number of aliphatic hydroxyl groups is 1. The van der Waals surface area contributed by atoms with Crippen LogP contribution in [-0.2, 0) is 16.0 Å². The van der Waals surface area contributed by atoms with Crippen molar-refractivity contribution < 1.29 is 14.6 Å². The molecule has 0 aliphatic rings. The molecule has 1 unspecified atom stereocenters. The minimum atomic E-state index is -0.629. The van der Waals surface area contributed by atoms with Crippen molar-refractivity contribution in [2.45, 2.75) is 19.4 Å². The van der Waals surface area contributed by atoms with Gasteiger partial charge in [0, 0.05) is 11.3 Å². The summed E-state index contributed by atoms with van der Waals surface area (Å²) in [6.07, 6.45) is 0.147. The number of amides is 1. The lowest BCUT2D eigenvalue weighted by molar-refractivity contribution is -0.120. The van der Waals surface area contributed by atoms with E-state index in [9.17, 15) is 9.90 Å². The molecule has 0 bridgehead atoms. The number of anilines is 1. The van der Waals surface area contributed by atoms with Crippen molar-refractivity contribution in [3.8, 4) is 0 Å². The van der Waals surface area contributed by atoms with Gasteiger partial charge in [-0.1, -0.05) is 48.5 Å². The van der Waals surface area contributed by atoms with Gasteiger partial charge in [0.05, 0.1) is 12.7 Å². The molecule has 0 saturated heterocycles. The molecule has 4 nitrogen and oxygen atoms in total. The monoisotopic (exact) mass is 299 g/mol. The number of para-hydroxylation sites is 1. The van der Waals surface area contributed by atoms with Crippen molar-refractivity contribution in [3.05, 3.63) is 65.7 Å². The fourth-order valence-electron chi connectivity index (χ4n) is 2.16. The molecule has 2 aromatic carbocycles. The van der Waals surface area contributed by atoms with E-state index in [0.717, 1.165) is 6.42 Å². The van der Waals surface area contributed by atoms with Gasteiger partial charge in [0.1, 0.15) is 6.61 Å². The quantitative estimate of drug-likeness (QED) is 0.773. The maximum Gasteiger partial charge on any atom is 0.250 e. The number of hydrogen-bond donors (Lipinski definition) is 2. The third-order valence-corrected chi connectivity index (χ3v) is 3.30. The predicted octanol–water partition coefficient (Wildman–Crippen LogP) is 2.94. The second-order valence-corrected chi connectivity index (χ2v) is 5.10. The van der Waals surface area contributed by atoms with E-state index in [2.05, 4.69) is 5.32 Å². The first kappa shape index (κ1) is 16.2. The number of carbonyl (C=O) groups is 1. The van der Waals surface area contributed by atoms with Crippen molar-refractivity contribution >= 4 is 11.6 Å². The highest BCUT2D eigenvalue weighted by Gasteiger charge is 2.10. The third kappa shape index (κ3) is 4.98. The van der Waals surface area contributed by atoms with Crippen molar-refractivity contribution in [2.75, 3.05) is 18.5 Å². The van der Waals surface area contributed by atoms with Crippen LogP contribution in [0.5, 0.6) is 0 Å². The van der Waals surface area contributed by atoms with Gasteiger partial charge in [-0.2, -0.15) is 0 Å². The number of ether oxygens (including phenoxy) is 1. The van der Waals surface area contributed by atoms with Crippen LogP contribution in [0.4, 0.5) is 5.69 Å². The van der Waals surface area contributed by atoms with Crippen molar-refractivity contribution in [2.24, 2.45) is 0 Å². The van der Waals surface area contributed by atoms with Crippen LogP contribution in [0.3, 0.4) is 0 Å². The average Bonchev–Trinajstić information content (AvgIpc) is 2.53. The molecule has 0 aromatic heterocycles. The van der Waals surface area contributed by atoms with Crippen LogP contribution in [0.1, 0.15) is 24.2 Å². The number of nitrogens with one attached hydrogen (secondary N) is 1. The Morgan fingerprint density at radius 2 is 1.82 bits per heavy atom. The molecule has 0 spiro atoms. The van der Waals surface area contributed by atoms with Gasteiger partial charge in [0.15, 0.2) is 0 Å². The lowest BCUT2D eigenvalue weighted by Crippen LogP contribution is -2.20. The molecule has 2 N–H and O–H groups in total. The van der Waals surface area contributed by atoms with E-state index in [4.69, 9.17) is 4.74 Å². The van der Waals surface area contributed by atoms with E-state index in [1.54, 1.807) is 19.1 Å². The molecule has 0 saturated carbocycles. The van der Waals surface area contributed by atoms with Crippen LogP contribution in [0.25, 0.3) is 0 Å². The molecule has 2 aromatic rings. The minimum Gasteiger partial charge on any atom is -0.389 e. The Morgan fingerprint density at radius 3 is 2.55 bits per heavy atom. The van der Waals surface area contributed by atoms with Crippen molar-refractivity contribution in [1.82, 2.24) is 0 Å². The number of carbonyl (C=O) groups excluding carboxylic acids is 1. The molecule has 4 heteroatoms. The number of rotatable bonds is 7. The minimum absolute atomic E-state index is 0.000970. The molecular formula is C18H21NO3. The van der Waals surface area contributed by atoms with E-state index in [1.807, 2.05) is 42.5 Å². The van der Waals surface area contributed by atoms with E-state index in [-0.39, 0.29) is 12.5 Å². The molecule has 0 radical (unpaired) electrons. The van der Waals surface area contributed by atoms with Gasteiger partial charge in [-0.3, -0.25) is 4.79 Å². The first-order valence-electron chi connectivity index (χ1n) is 7.35. The third-order valence-electron chi connectivity index (χ3n) is 3.30. The average molecular weight is 299 g/mol. The van der Waals surface area contributed by atoms with E-state index in [1.165, 1.54) is 5.56 Å².